The highest BCUT2D eigenvalue weighted by molar-refractivity contribution is 5.85. The zero-order valence-electron chi connectivity index (χ0n) is 12.1. The third-order valence-corrected chi connectivity index (χ3v) is 3.34. The van der Waals surface area contributed by atoms with Crippen molar-refractivity contribution in [3.63, 3.8) is 0 Å². The van der Waals surface area contributed by atoms with E-state index in [1.807, 2.05) is 36.4 Å². The molecule has 0 radical (unpaired) electrons. The van der Waals surface area contributed by atoms with Crippen LogP contribution in [-0.4, -0.2) is 31.6 Å². The van der Waals surface area contributed by atoms with E-state index in [-0.39, 0.29) is 18.4 Å². The normalized spacial score (nSPS) is 15.6. The average Bonchev–Trinajstić information content (AvgIpc) is 2.52. The number of ether oxygens (including phenoxy) is 1. The molecule has 0 amide bonds. The summed E-state index contributed by atoms with van der Waals surface area (Å²) >= 11 is 0. The number of benzene rings is 1. The number of carbonyl (C=O) groups excluding carboxylic acids is 1. The molecule has 1 aliphatic heterocycles. The van der Waals surface area contributed by atoms with Crippen molar-refractivity contribution < 1.29 is 9.53 Å². The van der Waals surface area contributed by atoms with E-state index in [0.717, 1.165) is 31.5 Å². The summed E-state index contributed by atoms with van der Waals surface area (Å²) in [4.78, 5) is 11.5. The Hall–Kier alpha value is -1.36. The van der Waals surface area contributed by atoms with E-state index in [9.17, 15) is 4.79 Å². The lowest BCUT2D eigenvalue weighted by Crippen LogP contribution is -2.39. The summed E-state index contributed by atoms with van der Waals surface area (Å²) < 4.78 is 5.16. The molecule has 1 aliphatic rings. The van der Waals surface area contributed by atoms with Gasteiger partial charge in [0.2, 0.25) is 0 Å². The fourth-order valence-electron chi connectivity index (χ4n) is 2.19. The van der Waals surface area contributed by atoms with Crippen molar-refractivity contribution in [3.05, 3.63) is 48.0 Å². The van der Waals surface area contributed by atoms with Crippen LogP contribution in [0.15, 0.2) is 42.5 Å². The first-order valence-corrected chi connectivity index (χ1v) is 7.16. The highest BCUT2D eigenvalue weighted by Gasteiger charge is 2.10. The van der Waals surface area contributed by atoms with Crippen LogP contribution in [0.2, 0.25) is 0 Å². The topological polar surface area (TPSA) is 50.4 Å². The van der Waals surface area contributed by atoms with Crippen LogP contribution in [0.5, 0.6) is 0 Å². The predicted molar refractivity (Wildman–Crippen MR) is 86.5 cm³/mol. The van der Waals surface area contributed by atoms with E-state index < -0.39 is 0 Å². The molecule has 0 unspecified atom stereocenters. The van der Waals surface area contributed by atoms with Crippen molar-refractivity contribution in [2.45, 2.75) is 25.5 Å². The second-order valence-corrected chi connectivity index (χ2v) is 4.93. The predicted octanol–water partition coefficient (Wildman–Crippen LogP) is 2.05. The first-order chi connectivity index (χ1) is 9.84. The van der Waals surface area contributed by atoms with E-state index in [0.29, 0.717) is 19.2 Å². The maximum absolute atomic E-state index is 11.5. The van der Waals surface area contributed by atoms with Crippen LogP contribution < -0.4 is 10.6 Å². The van der Waals surface area contributed by atoms with E-state index >= 15 is 0 Å². The standard InChI is InChI=1S/C16H22N2O2.ClH/c19-16(20-13-14-5-2-1-3-6-14)7-4-10-18-15-8-11-17-12-9-15;/h1-7,15,17-18H,8-13H2;1H. The Morgan fingerprint density at radius 1 is 1.29 bits per heavy atom. The zero-order chi connectivity index (χ0) is 14.0. The molecule has 1 fully saturated rings. The minimum Gasteiger partial charge on any atom is -0.458 e. The maximum atomic E-state index is 11.5. The third-order valence-electron chi connectivity index (χ3n) is 3.34. The molecule has 21 heavy (non-hydrogen) atoms. The number of halogens is 1. The molecule has 0 bridgehead atoms. The van der Waals surface area contributed by atoms with Gasteiger partial charge in [-0.05, 0) is 31.5 Å². The van der Waals surface area contributed by atoms with Crippen LogP contribution in [0.4, 0.5) is 0 Å². The van der Waals surface area contributed by atoms with Gasteiger partial charge in [0, 0.05) is 18.7 Å². The van der Waals surface area contributed by atoms with Gasteiger partial charge in [-0.15, -0.1) is 12.4 Å². The van der Waals surface area contributed by atoms with Crippen molar-refractivity contribution in [2.24, 2.45) is 0 Å². The van der Waals surface area contributed by atoms with Crippen molar-refractivity contribution in [2.75, 3.05) is 19.6 Å². The number of hydrogen-bond acceptors (Lipinski definition) is 4. The van der Waals surface area contributed by atoms with E-state index in [1.165, 1.54) is 6.08 Å². The first-order valence-electron chi connectivity index (χ1n) is 7.16. The van der Waals surface area contributed by atoms with Crippen LogP contribution >= 0.6 is 12.4 Å². The Labute approximate surface area is 132 Å². The fraction of sp³-hybridized carbons (Fsp3) is 0.438. The second-order valence-electron chi connectivity index (χ2n) is 4.93. The SMILES string of the molecule is Cl.O=C(C=CCNC1CCNCC1)OCc1ccccc1. The van der Waals surface area contributed by atoms with Gasteiger partial charge in [0.05, 0.1) is 0 Å². The van der Waals surface area contributed by atoms with Crippen LogP contribution in [0.1, 0.15) is 18.4 Å². The largest absolute Gasteiger partial charge is 0.458 e. The van der Waals surface area contributed by atoms with E-state index in [2.05, 4.69) is 10.6 Å². The van der Waals surface area contributed by atoms with Gasteiger partial charge in [0.1, 0.15) is 6.61 Å². The van der Waals surface area contributed by atoms with Gasteiger partial charge in [-0.3, -0.25) is 0 Å². The molecule has 0 aliphatic carbocycles. The Kier molecular flexibility index (Phi) is 8.74. The monoisotopic (exact) mass is 310 g/mol. The molecule has 0 aromatic heterocycles. The maximum Gasteiger partial charge on any atom is 0.330 e. The average molecular weight is 311 g/mol. The third kappa shape index (κ3) is 7.27. The van der Waals surface area contributed by atoms with Crippen molar-refractivity contribution in [1.82, 2.24) is 10.6 Å². The lowest BCUT2D eigenvalue weighted by molar-refractivity contribution is -0.139. The quantitative estimate of drug-likeness (QED) is 0.624. The van der Waals surface area contributed by atoms with E-state index in [4.69, 9.17) is 4.74 Å². The molecule has 1 aromatic carbocycles. The smallest absolute Gasteiger partial charge is 0.330 e. The van der Waals surface area contributed by atoms with Gasteiger partial charge in [0.15, 0.2) is 0 Å². The summed E-state index contributed by atoms with van der Waals surface area (Å²) in [7, 11) is 0. The van der Waals surface area contributed by atoms with Crippen LogP contribution in [0, 0.1) is 0 Å². The highest BCUT2D eigenvalue weighted by Crippen LogP contribution is 2.02. The summed E-state index contributed by atoms with van der Waals surface area (Å²) in [5.41, 5.74) is 1.00. The number of rotatable bonds is 6. The minimum absolute atomic E-state index is 0. The summed E-state index contributed by atoms with van der Waals surface area (Å²) in [6.45, 7) is 3.18. The number of esters is 1. The lowest BCUT2D eigenvalue weighted by atomic mass is 10.1. The number of nitrogens with one attached hydrogen (secondary N) is 2. The molecule has 116 valence electrons. The molecular formula is C16H23ClN2O2. The molecule has 1 saturated heterocycles. The number of piperidine rings is 1. The number of carbonyl (C=O) groups is 1. The Morgan fingerprint density at radius 2 is 2.00 bits per heavy atom. The minimum atomic E-state index is -0.291. The second kappa shape index (κ2) is 10.4. The fourth-order valence-corrected chi connectivity index (χ4v) is 2.19. The van der Waals surface area contributed by atoms with Gasteiger partial charge < -0.3 is 15.4 Å². The van der Waals surface area contributed by atoms with Crippen molar-refractivity contribution in [1.29, 1.82) is 0 Å². The molecule has 1 heterocycles. The molecule has 2 N–H and O–H groups in total. The van der Waals surface area contributed by atoms with Gasteiger partial charge in [-0.25, -0.2) is 4.79 Å². The van der Waals surface area contributed by atoms with Crippen molar-refractivity contribution >= 4 is 18.4 Å². The van der Waals surface area contributed by atoms with Crippen molar-refractivity contribution in [3.8, 4) is 0 Å². The van der Waals surface area contributed by atoms with Gasteiger partial charge in [-0.1, -0.05) is 36.4 Å². The summed E-state index contributed by atoms with van der Waals surface area (Å²) in [6.07, 6.45) is 5.62. The number of hydrogen-bond donors (Lipinski definition) is 2. The van der Waals surface area contributed by atoms with Gasteiger partial charge >= 0.3 is 5.97 Å². The molecule has 0 saturated carbocycles. The molecule has 5 heteroatoms. The molecule has 1 aromatic rings. The first kappa shape index (κ1) is 17.7. The van der Waals surface area contributed by atoms with Gasteiger partial charge in [-0.2, -0.15) is 0 Å². The van der Waals surface area contributed by atoms with Gasteiger partial charge in [0.25, 0.3) is 0 Å². The lowest BCUT2D eigenvalue weighted by Gasteiger charge is -2.22. The Bertz CT molecular complexity index is 431. The summed E-state index contributed by atoms with van der Waals surface area (Å²) in [5, 5.41) is 6.74. The molecule has 2 rings (SSSR count). The van der Waals surface area contributed by atoms with Crippen LogP contribution in [0.25, 0.3) is 0 Å². The van der Waals surface area contributed by atoms with Crippen LogP contribution in [-0.2, 0) is 16.1 Å². The Balaban J connectivity index is 0.00000220. The zero-order valence-corrected chi connectivity index (χ0v) is 12.9. The molecule has 0 atom stereocenters. The molecule has 4 nitrogen and oxygen atoms in total. The molecular weight excluding hydrogens is 288 g/mol. The van der Waals surface area contributed by atoms with E-state index in [1.54, 1.807) is 0 Å². The molecule has 0 spiro atoms. The van der Waals surface area contributed by atoms with Crippen LogP contribution in [0.3, 0.4) is 0 Å². The Morgan fingerprint density at radius 3 is 2.71 bits per heavy atom. The summed E-state index contributed by atoms with van der Waals surface area (Å²) in [5.74, 6) is -0.291. The highest BCUT2D eigenvalue weighted by atomic mass is 35.5. The summed E-state index contributed by atoms with van der Waals surface area (Å²) in [6, 6.07) is 10.2.